The number of nitrogens with one attached hydrogen (secondary N) is 1. The monoisotopic (exact) mass is 138 g/mol. The molecule has 2 fully saturated rings. The number of fused-ring (bicyclic) bond motifs is 1. The molecule has 0 aromatic carbocycles. The maximum absolute atomic E-state index is 7.20. The van der Waals surface area contributed by atoms with Crippen LogP contribution in [0.2, 0.25) is 0 Å². The van der Waals surface area contributed by atoms with E-state index in [0.29, 0.717) is 5.92 Å². The Morgan fingerprint density at radius 1 is 1.30 bits per heavy atom. The lowest BCUT2D eigenvalue weighted by Gasteiger charge is -2.16. The molecule has 2 heteroatoms. The zero-order valence-electron chi connectivity index (χ0n) is 6.21. The summed E-state index contributed by atoms with van der Waals surface area (Å²) in [6.07, 6.45) is 5.57. The summed E-state index contributed by atoms with van der Waals surface area (Å²) < 4.78 is 0. The largest absolute Gasteiger partial charge is 0.313 e. The average molecular weight is 138 g/mol. The van der Waals surface area contributed by atoms with Crippen LogP contribution in [0.25, 0.3) is 0 Å². The van der Waals surface area contributed by atoms with Gasteiger partial charge < -0.3 is 5.41 Å². The Morgan fingerprint density at radius 3 is 3.00 bits per heavy atom. The Labute approximate surface area is 61.7 Å². The van der Waals surface area contributed by atoms with Crippen LogP contribution in [0.4, 0.5) is 0 Å². The maximum atomic E-state index is 7.20. The van der Waals surface area contributed by atoms with E-state index in [9.17, 15) is 0 Å². The van der Waals surface area contributed by atoms with Crippen LogP contribution in [-0.4, -0.2) is 30.2 Å². The van der Waals surface area contributed by atoms with Gasteiger partial charge in [0.2, 0.25) is 0 Å². The molecule has 1 N–H and O–H groups in total. The molecule has 2 heterocycles. The van der Waals surface area contributed by atoms with E-state index in [-0.39, 0.29) is 0 Å². The first kappa shape index (κ1) is 6.35. The van der Waals surface area contributed by atoms with E-state index < -0.39 is 0 Å². The summed E-state index contributed by atoms with van der Waals surface area (Å²) in [5, 5.41) is 7.20. The van der Waals surface area contributed by atoms with E-state index in [1.54, 1.807) is 6.21 Å². The molecule has 2 aliphatic heterocycles. The first-order chi connectivity index (χ1) is 4.92. The molecule has 2 atom stereocenters. The van der Waals surface area contributed by atoms with E-state index >= 15 is 0 Å². The van der Waals surface area contributed by atoms with Crippen molar-refractivity contribution in [2.45, 2.75) is 25.3 Å². The molecule has 2 aliphatic rings. The van der Waals surface area contributed by atoms with Crippen molar-refractivity contribution in [2.24, 2.45) is 5.92 Å². The third-order valence-corrected chi connectivity index (χ3v) is 2.87. The minimum Gasteiger partial charge on any atom is -0.313 e. The van der Waals surface area contributed by atoms with Crippen LogP contribution in [-0.2, 0) is 0 Å². The summed E-state index contributed by atoms with van der Waals surface area (Å²) in [6, 6.07) is 0.748. The topological polar surface area (TPSA) is 27.1 Å². The number of hydrogen-bond donors (Lipinski definition) is 1. The van der Waals surface area contributed by atoms with Crippen molar-refractivity contribution >= 4 is 6.21 Å². The zero-order valence-corrected chi connectivity index (χ0v) is 6.21. The highest BCUT2D eigenvalue weighted by Gasteiger charge is 2.35. The molecule has 56 valence electrons. The quantitative estimate of drug-likeness (QED) is 0.540. The van der Waals surface area contributed by atoms with Gasteiger partial charge in [0.1, 0.15) is 0 Å². The highest BCUT2D eigenvalue weighted by atomic mass is 15.2. The summed E-state index contributed by atoms with van der Waals surface area (Å²) in [4.78, 5) is 2.54. The average Bonchev–Trinajstić information content (AvgIpc) is 2.44. The molecule has 0 spiro atoms. The molecule has 0 bridgehead atoms. The molecule has 2 rings (SSSR count). The second-order valence-electron chi connectivity index (χ2n) is 3.36. The van der Waals surface area contributed by atoms with E-state index in [4.69, 9.17) is 5.41 Å². The lowest BCUT2D eigenvalue weighted by Crippen LogP contribution is -2.26. The van der Waals surface area contributed by atoms with Gasteiger partial charge in [-0.3, -0.25) is 4.90 Å². The Hall–Kier alpha value is -0.370. The Balaban J connectivity index is 2.07. The molecule has 0 amide bonds. The molecule has 0 aliphatic carbocycles. The van der Waals surface area contributed by atoms with Gasteiger partial charge in [-0.15, -0.1) is 0 Å². The highest BCUT2D eigenvalue weighted by Crippen LogP contribution is 2.31. The van der Waals surface area contributed by atoms with Gasteiger partial charge in [0.25, 0.3) is 0 Å². The van der Waals surface area contributed by atoms with E-state index in [2.05, 4.69) is 4.90 Å². The van der Waals surface area contributed by atoms with Crippen molar-refractivity contribution < 1.29 is 0 Å². The van der Waals surface area contributed by atoms with Crippen molar-refractivity contribution in [3.05, 3.63) is 0 Å². The molecule has 0 radical (unpaired) electrons. The first-order valence-corrected chi connectivity index (χ1v) is 4.16. The third-order valence-electron chi connectivity index (χ3n) is 2.87. The van der Waals surface area contributed by atoms with Crippen LogP contribution < -0.4 is 0 Å². The normalized spacial score (nSPS) is 40.0. The van der Waals surface area contributed by atoms with Gasteiger partial charge >= 0.3 is 0 Å². The van der Waals surface area contributed by atoms with Gasteiger partial charge in [-0.25, -0.2) is 0 Å². The Kier molecular flexibility index (Phi) is 1.49. The summed E-state index contributed by atoms with van der Waals surface area (Å²) in [5.74, 6) is 0.586. The van der Waals surface area contributed by atoms with Crippen molar-refractivity contribution in [1.82, 2.24) is 4.90 Å². The van der Waals surface area contributed by atoms with Crippen molar-refractivity contribution in [1.29, 1.82) is 5.41 Å². The first-order valence-electron chi connectivity index (χ1n) is 4.16. The van der Waals surface area contributed by atoms with Crippen molar-refractivity contribution in [3.63, 3.8) is 0 Å². The standard InChI is InChI=1S/C8H14N2/c9-6-7-3-5-10-4-1-2-8(7)10/h6-9H,1-5H2. The number of hydrogen-bond acceptors (Lipinski definition) is 2. The fourth-order valence-electron chi connectivity index (χ4n) is 2.32. The minimum absolute atomic E-state index is 0.586. The predicted octanol–water partition coefficient (Wildman–Crippen LogP) is 1.12. The second-order valence-corrected chi connectivity index (χ2v) is 3.36. The van der Waals surface area contributed by atoms with Gasteiger partial charge in [-0.2, -0.15) is 0 Å². The number of rotatable bonds is 1. The van der Waals surface area contributed by atoms with Crippen molar-refractivity contribution in [3.8, 4) is 0 Å². The SMILES string of the molecule is N=CC1CCN2CCCC12. The van der Waals surface area contributed by atoms with Crippen LogP contribution in [0.5, 0.6) is 0 Å². The van der Waals surface area contributed by atoms with E-state index in [1.165, 1.54) is 32.4 Å². The van der Waals surface area contributed by atoms with Gasteiger partial charge in [-0.1, -0.05) is 0 Å². The van der Waals surface area contributed by atoms with E-state index in [0.717, 1.165) is 6.04 Å². The predicted molar refractivity (Wildman–Crippen MR) is 41.5 cm³/mol. The fraction of sp³-hybridized carbons (Fsp3) is 0.875. The molecule has 10 heavy (non-hydrogen) atoms. The van der Waals surface area contributed by atoms with Gasteiger partial charge in [0, 0.05) is 12.0 Å². The van der Waals surface area contributed by atoms with Crippen molar-refractivity contribution in [2.75, 3.05) is 13.1 Å². The second kappa shape index (κ2) is 2.35. The van der Waals surface area contributed by atoms with Crippen LogP contribution in [0.15, 0.2) is 0 Å². The summed E-state index contributed by atoms with van der Waals surface area (Å²) >= 11 is 0. The molecule has 2 nitrogen and oxygen atoms in total. The van der Waals surface area contributed by atoms with Crippen LogP contribution >= 0.6 is 0 Å². The zero-order chi connectivity index (χ0) is 6.97. The smallest absolute Gasteiger partial charge is 0.0174 e. The molecule has 0 aromatic heterocycles. The molecular formula is C8H14N2. The summed E-state index contributed by atoms with van der Waals surface area (Å²) in [5.41, 5.74) is 0. The summed E-state index contributed by atoms with van der Waals surface area (Å²) in [7, 11) is 0. The van der Waals surface area contributed by atoms with E-state index in [1.807, 2.05) is 0 Å². The minimum atomic E-state index is 0.586. The lowest BCUT2D eigenvalue weighted by atomic mass is 10.0. The molecule has 0 saturated carbocycles. The molecule has 0 aromatic rings. The Morgan fingerprint density at radius 2 is 2.20 bits per heavy atom. The fourth-order valence-corrected chi connectivity index (χ4v) is 2.32. The molecule has 2 unspecified atom stereocenters. The number of nitrogens with zero attached hydrogens (tertiary/aromatic N) is 1. The summed E-state index contributed by atoms with van der Waals surface area (Å²) in [6.45, 7) is 2.53. The van der Waals surface area contributed by atoms with Crippen LogP contribution in [0.3, 0.4) is 0 Å². The van der Waals surface area contributed by atoms with Gasteiger partial charge in [0.05, 0.1) is 0 Å². The highest BCUT2D eigenvalue weighted by molar-refractivity contribution is 5.58. The van der Waals surface area contributed by atoms with Gasteiger partial charge in [0.15, 0.2) is 0 Å². The maximum Gasteiger partial charge on any atom is 0.0174 e. The third kappa shape index (κ3) is 0.788. The molecular weight excluding hydrogens is 124 g/mol. The molecule has 2 saturated heterocycles. The van der Waals surface area contributed by atoms with Crippen LogP contribution in [0.1, 0.15) is 19.3 Å². The lowest BCUT2D eigenvalue weighted by molar-refractivity contribution is 0.313. The van der Waals surface area contributed by atoms with Crippen LogP contribution in [0, 0.1) is 11.3 Å². The van der Waals surface area contributed by atoms with Gasteiger partial charge in [-0.05, 0) is 38.6 Å². The Bertz CT molecular complexity index is 144.